The van der Waals surface area contributed by atoms with Gasteiger partial charge in [0.1, 0.15) is 12.3 Å². The highest BCUT2D eigenvalue weighted by Gasteiger charge is 2.27. The number of hydrogen-bond acceptors (Lipinski definition) is 4. The van der Waals surface area contributed by atoms with Gasteiger partial charge in [0.2, 0.25) is 5.91 Å². The van der Waals surface area contributed by atoms with Crippen molar-refractivity contribution >= 4 is 33.2 Å². The van der Waals surface area contributed by atoms with E-state index in [1.54, 1.807) is 36.4 Å². The van der Waals surface area contributed by atoms with Crippen molar-refractivity contribution in [2.75, 3.05) is 10.8 Å². The van der Waals surface area contributed by atoms with Crippen LogP contribution in [-0.2, 0) is 21.4 Å². The first-order valence-corrected chi connectivity index (χ1v) is 12.3. The van der Waals surface area contributed by atoms with Crippen LogP contribution in [0, 0.1) is 6.92 Å². The van der Waals surface area contributed by atoms with Crippen LogP contribution in [0.2, 0.25) is 5.02 Å². The summed E-state index contributed by atoms with van der Waals surface area (Å²) >= 11 is 6.25. The second-order valence-electron chi connectivity index (χ2n) is 7.85. The molecule has 3 aromatic rings. The molecule has 8 heteroatoms. The molecule has 0 aliphatic heterocycles. The maximum atomic E-state index is 13.4. The summed E-state index contributed by atoms with van der Waals surface area (Å²) in [5.41, 5.74) is 1.97. The summed E-state index contributed by atoms with van der Waals surface area (Å²) in [5.74, 6) is 0.265. The zero-order chi connectivity index (χ0) is 24.0. The second kappa shape index (κ2) is 10.7. The molecule has 174 valence electrons. The van der Waals surface area contributed by atoms with Gasteiger partial charge in [-0.1, -0.05) is 48.0 Å². The molecule has 0 heterocycles. The molecule has 0 saturated heterocycles. The first-order valence-electron chi connectivity index (χ1n) is 10.5. The van der Waals surface area contributed by atoms with E-state index in [-0.39, 0.29) is 17.5 Å². The molecule has 1 amide bonds. The highest BCUT2D eigenvalue weighted by Crippen LogP contribution is 2.28. The second-order valence-corrected chi connectivity index (χ2v) is 10.1. The molecule has 0 aliphatic carbocycles. The van der Waals surface area contributed by atoms with Crippen molar-refractivity contribution in [2.45, 2.75) is 38.3 Å². The molecule has 3 aromatic carbocycles. The van der Waals surface area contributed by atoms with E-state index in [1.165, 1.54) is 12.1 Å². The number of ether oxygens (including phenoxy) is 1. The lowest BCUT2D eigenvalue weighted by atomic mass is 10.2. The van der Waals surface area contributed by atoms with Crippen molar-refractivity contribution in [3.05, 3.63) is 88.9 Å². The zero-order valence-electron chi connectivity index (χ0n) is 18.8. The summed E-state index contributed by atoms with van der Waals surface area (Å²) < 4.78 is 33.5. The first-order chi connectivity index (χ1) is 15.7. The average molecular weight is 487 g/mol. The van der Waals surface area contributed by atoms with E-state index in [2.05, 4.69) is 5.32 Å². The fraction of sp³-hybridized carbons (Fsp3) is 0.240. The van der Waals surface area contributed by atoms with Crippen LogP contribution in [0.25, 0.3) is 0 Å². The predicted molar refractivity (Wildman–Crippen MR) is 131 cm³/mol. The molecule has 33 heavy (non-hydrogen) atoms. The van der Waals surface area contributed by atoms with Gasteiger partial charge in [0.15, 0.2) is 0 Å². The Kier molecular flexibility index (Phi) is 8.00. The van der Waals surface area contributed by atoms with Crippen LogP contribution >= 0.6 is 11.6 Å². The highest BCUT2D eigenvalue weighted by atomic mass is 35.5. The van der Waals surface area contributed by atoms with Gasteiger partial charge < -0.3 is 10.1 Å². The Balaban J connectivity index is 1.81. The standard InChI is InChI=1S/C25H27ClN2O4S/c1-18(2)32-22-9-7-8-20(14-22)16-27-25(29)17-28(21-13-12-19(3)24(26)15-21)33(30,31)23-10-5-4-6-11-23/h4-15,18H,16-17H2,1-3H3,(H,27,29). The number of rotatable bonds is 9. The molecular weight excluding hydrogens is 460 g/mol. The van der Waals surface area contributed by atoms with Crippen LogP contribution in [0.5, 0.6) is 5.75 Å². The predicted octanol–water partition coefficient (Wildman–Crippen LogP) is 4.95. The van der Waals surface area contributed by atoms with Gasteiger partial charge in [0.25, 0.3) is 10.0 Å². The van der Waals surface area contributed by atoms with Gasteiger partial charge >= 0.3 is 0 Å². The van der Waals surface area contributed by atoms with Crippen molar-refractivity contribution in [1.29, 1.82) is 0 Å². The summed E-state index contributed by atoms with van der Waals surface area (Å²) in [6, 6.07) is 20.3. The third kappa shape index (κ3) is 6.49. The minimum Gasteiger partial charge on any atom is -0.491 e. The van der Waals surface area contributed by atoms with Crippen LogP contribution < -0.4 is 14.4 Å². The summed E-state index contributed by atoms with van der Waals surface area (Å²) in [6.07, 6.45) is 0.0351. The third-order valence-corrected chi connectivity index (χ3v) is 7.02. The van der Waals surface area contributed by atoms with E-state index >= 15 is 0 Å². The maximum Gasteiger partial charge on any atom is 0.264 e. The molecule has 0 aliphatic rings. The van der Waals surface area contributed by atoms with E-state index in [1.807, 2.05) is 45.0 Å². The lowest BCUT2D eigenvalue weighted by molar-refractivity contribution is -0.119. The normalized spacial score (nSPS) is 11.3. The number of amides is 1. The van der Waals surface area contributed by atoms with Gasteiger partial charge in [0.05, 0.1) is 16.7 Å². The zero-order valence-corrected chi connectivity index (χ0v) is 20.4. The van der Waals surface area contributed by atoms with E-state index in [9.17, 15) is 13.2 Å². The Hall–Kier alpha value is -3.03. The Labute approximate surface area is 200 Å². The summed E-state index contributed by atoms with van der Waals surface area (Å²) in [7, 11) is -3.99. The van der Waals surface area contributed by atoms with Crippen molar-refractivity contribution in [3.8, 4) is 5.75 Å². The van der Waals surface area contributed by atoms with Gasteiger partial charge in [-0.3, -0.25) is 9.10 Å². The van der Waals surface area contributed by atoms with Crippen LogP contribution in [0.4, 0.5) is 5.69 Å². The van der Waals surface area contributed by atoms with Gasteiger partial charge in [-0.05, 0) is 68.3 Å². The molecule has 0 bridgehead atoms. The lowest BCUT2D eigenvalue weighted by Crippen LogP contribution is -2.40. The number of aryl methyl sites for hydroxylation is 1. The third-order valence-electron chi connectivity index (χ3n) is 4.82. The Morgan fingerprint density at radius 3 is 2.42 bits per heavy atom. The molecular formula is C25H27ClN2O4S. The van der Waals surface area contributed by atoms with Crippen molar-refractivity contribution in [3.63, 3.8) is 0 Å². The van der Waals surface area contributed by atoms with Crippen LogP contribution in [0.1, 0.15) is 25.0 Å². The molecule has 0 radical (unpaired) electrons. The fourth-order valence-corrected chi connectivity index (χ4v) is 4.77. The van der Waals surface area contributed by atoms with Gasteiger partial charge in [-0.25, -0.2) is 8.42 Å². The van der Waals surface area contributed by atoms with Crippen molar-refractivity contribution in [2.24, 2.45) is 0 Å². The number of nitrogens with one attached hydrogen (secondary N) is 1. The SMILES string of the molecule is Cc1ccc(N(CC(=O)NCc2cccc(OC(C)C)c2)S(=O)(=O)c2ccccc2)cc1Cl. The molecule has 3 rings (SSSR count). The minimum atomic E-state index is -3.99. The van der Waals surface area contributed by atoms with Crippen molar-refractivity contribution in [1.82, 2.24) is 5.32 Å². The lowest BCUT2D eigenvalue weighted by Gasteiger charge is -2.24. The maximum absolute atomic E-state index is 13.4. The van der Waals surface area contributed by atoms with Crippen LogP contribution in [-0.4, -0.2) is 27.0 Å². The average Bonchev–Trinajstić information content (AvgIpc) is 2.78. The van der Waals surface area contributed by atoms with Crippen LogP contribution in [0.15, 0.2) is 77.7 Å². The van der Waals surface area contributed by atoms with Crippen LogP contribution in [0.3, 0.4) is 0 Å². The first kappa shape index (κ1) is 24.6. The van der Waals surface area contributed by atoms with E-state index < -0.39 is 22.5 Å². The quantitative estimate of drug-likeness (QED) is 0.464. The number of sulfonamides is 1. The molecule has 0 atom stereocenters. The molecule has 0 saturated carbocycles. The van der Waals surface area contributed by atoms with Gasteiger partial charge in [0, 0.05) is 11.6 Å². The Morgan fingerprint density at radius 1 is 1.03 bits per heavy atom. The smallest absolute Gasteiger partial charge is 0.264 e. The molecule has 6 nitrogen and oxygen atoms in total. The minimum absolute atomic E-state index is 0.0351. The number of halogens is 1. The summed E-state index contributed by atoms with van der Waals surface area (Å²) in [5, 5.41) is 3.22. The van der Waals surface area contributed by atoms with Gasteiger partial charge in [-0.2, -0.15) is 0 Å². The number of anilines is 1. The van der Waals surface area contributed by atoms with E-state index in [0.717, 1.165) is 15.4 Å². The molecule has 1 N–H and O–H groups in total. The Bertz CT molecular complexity index is 1210. The topological polar surface area (TPSA) is 75.7 Å². The molecule has 0 spiro atoms. The molecule has 0 unspecified atom stereocenters. The largest absolute Gasteiger partial charge is 0.491 e. The number of nitrogens with zero attached hydrogens (tertiary/aromatic N) is 1. The summed E-state index contributed by atoms with van der Waals surface area (Å²) in [6.45, 7) is 5.55. The van der Waals surface area contributed by atoms with Gasteiger partial charge in [-0.15, -0.1) is 0 Å². The fourth-order valence-electron chi connectivity index (χ4n) is 3.16. The number of hydrogen-bond donors (Lipinski definition) is 1. The number of carbonyl (C=O) groups excluding carboxylic acids is 1. The monoisotopic (exact) mass is 486 g/mol. The van der Waals surface area contributed by atoms with E-state index in [0.29, 0.717) is 16.5 Å². The number of carbonyl (C=O) groups is 1. The Morgan fingerprint density at radius 2 is 1.76 bits per heavy atom. The highest BCUT2D eigenvalue weighted by molar-refractivity contribution is 7.92. The molecule has 0 aromatic heterocycles. The number of benzene rings is 3. The van der Waals surface area contributed by atoms with Crippen molar-refractivity contribution < 1.29 is 17.9 Å². The van der Waals surface area contributed by atoms with E-state index in [4.69, 9.17) is 16.3 Å². The molecule has 0 fully saturated rings. The summed E-state index contributed by atoms with van der Waals surface area (Å²) in [4.78, 5) is 12.9.